The van der Waals surface area contributed by atoms with Gasteiger partial charge in [0, 0.05) is 12.7 Å². The lowest BCUT2D eigenvalue weighted by atomic mass is 10.1. The predicted octanol–water partition coefficient (Wildman–Crippen LogP) is 1.50. The van der Waals surface area contributed by atoms with Crippen LogP contribution in [0.2, 0.25) is 0 Å². The van der Waals surface area contributed by atoms with Crippen molar-refractivity contribution in [3.8, 4) is 10.6 Å². The molecule has 0 atom stereocenters. The van der Waals surface area contributed by atoms with Gasteiger partial charge in [-0.3, -0.25) is 0 Å². The molecule has 2 aromatic heterocycles. The van der Waals surface area contributed by atoms with Gasteiger partial charge in [0.25, 0.3) is 0 Å². The average molecular weight is 289 g/mol. The van der Waals surface area contributed by atoms with Crippen LogP contribution in [0.3, 0.4) is 0 Å². The summed E-state index contributed by atoms with van der Waals surface area (Å²) in [4.78, 5) is 0.773. The molecule has 7 heteroatoms. The van der Waals surface area contributed by atoms with E-state index in [1.165, 1.54) is 16.9 Å². The van der Waals surface area contributed by atoms with Gasteiger partial charge in [-0.1, -0.05) is 35.6 Å². The fourth-order valence-electron chi connectivity index (χ4n) is 2.09. The largest absolute Gasteiger partial charge is 0.377 e. The molecule has 3 aromatic rings. The Morgan fingerprint density at radius 3 is 2.95 bits per heavy atom. The van der Waals surface area contributed by atoms with Crippen molar-refractivity contribution in [2.24, 2.45) is 5.73 Å². The number of benzene rings is 1. The first kappa shape index (κ1) is 13.2. The normalized spacial score (nSPS) is 11.3. The summed E-state index contributed by atoms with van der Waals surface area (Å²) in [5, 5.41) is 13.7. The second kappa shape index (κ2) is 5.66. The summed E-state index contributed by atoms with van der Waals surface area (Å²) >= 11 is 1.52. The first-order valence-electron chi connectivity index (χ1n) is 6.32. The van der Waals surface area contributed by atoms with Crippen molar-refractivity contribution in [2.75, 3.05) is 13.7 Å². The summed E-state index contributed by atoms with van der Waals surface area (Å²) in [5.41, 5.74) is 7.98. The Morgan fingerprint density at radius 1 is 1.30 bits per heavy atom. The molecule has 2 heterocycles. The number of hydrogen-bond acceptors (Lipinski definition) is 6. The lowest BCUT2D eigenvalue weighted by molar-refractivity contribution is 0.176. The monoisotopic (exact) mass is 289 g/mol. The maximum absolute atomic E-state index is 5.67. The Morgan fingerprint density at radius 2 is 2.15 bits per heavy atom. The van der Waals surface area contributed by atoms with Crippen molar-refractivity contribution in [3.63, 3.8) is 0 Å². The number of hydrogen-bond donors (Lipinski definition) is 1. The van der Waals surface area contributed by atoms with Gasteiger partial charge in [0.1, 0.15) is 11.6 Å². The Kier molecular flexibility index (Phi) is 3.72. The summed E-state index contributed by atoms with van der Waals surface area (Å²) in [7, 11) is 1.63. The van der Waals surface area contributed by atoms with Gasteiger partial charge in [0.05, 0.1) is 0 Å². The zero-order valence-corrected chi connectivity index (χ0v) is 11.9. The number of methoxy groups -OCH3 is 1. The van der Waals surface area contributed by atoms with E-state index in [2.05, 4.69) is 27.4 Å². The summed E-state index contributed by atoms with van der Waals surface area (Å²) in [6, 6.07) is 8.17. The van der Waals surface area contributed by atoms with Gasteiger partial charge in [-0.05, 0) is 18.5 Å². The van der Waals surface area contributed by atoms with E-state index >= 15 is 0 Å². The van der Waals surface area contributed by atoms with Crippen LogP contribution in [0, 0.1) is 0 Å². The van der Waals surface area contributed by atoms with Gasteiger partial charge in [0.15, 0.2) is 5.82 Å². The first-order valence-corrected chi connectivity index (χ1v) is 7.13. The van der Waals surface area contributed by atoms with E-state index in [0.717, 1.165) is 22.0 Å². The van der Waals surface area contributed by atoms with Crippen molar-refractivity contribution in [3.05, 3.63) is 35.7 Å². The van der Waals surface area contributed by atoms with Crippen LogP contribution in [-0.4, -0.2) is 33.5 Å². The van der Waals surface area contributed by atoms with Crippen LogP contribution in [0.25, 0.3) is 15.5 Å². The van der Waals surface area contributed by atoms with Crippen LogP contribution in [0.1, 0.15) is 11.4 Å². The second-order valence-electron chi connectivity index (χ2n) is 4.35. The van der Waals surface area contributed by atoms with Crippen molar-refractivity contribution in [1.29, 1.82) is 0 Å². The molecule has 0 aliphatic rings. The standard InChI is InChI=1S/C13H15N5OS/c1-19-8-11-15-16-13-18(11)17-12(20-13)10-5-3-2-4-9(10)6-7-14/h2-5H,6-8,14H2,1H3. The summed E-state index contributed by atoms with van der Waals surface area (Å²) in [5.74, 6) is 0.710. The molecule has 20 heavy (non-hydrogen) atoms. The highest BCUT2D eigenvalue weighted by Crippen LogP contribution is 2.28. The van der Waals surface area contributed by atoms with Crippen LogP contribution >= 0.6 is 11.3 Å². The number of nitrogens with two attached hydrogens (primary N) is 1. The molecule has 2 N–H and O–H groups in total. The summed E-state index contributed by atoms with van der Waals surface area (Å²) < 4.78 is 6.84. The maximum Gasteiger partial charge on any atom is 0.235 e. The molecule has 0 aliphatic heterocycles. The van der Waals surface area contributed by atoms with Crippen molar-refractivity contribution >= 4 is 16.3 Å². The summed E-state index contributed by atoms with van der Waals surface area (Å²) in [6.45, 7) is 1.02. The van der Waals surface area contributed by atoms with E-state index < -0.39 is 0 Å². The van der Waals surface area contributed by atoms with Crippen LogP contribution in [0.15, 0.2) is 24.3 Å². The fourth-order valence-corrected chi connectivity index (χ4v) is 3.01. The number of fused-ring (bicyclic) bond motifs is 1. The predicted molar refractivity (Wildman–Crippen MR) is 77.6 cm³/mol. The minimum atomic E-state index is 0.398. The van der Waals surface area contributed by atoms with Gasteiger partial charge in [-0.15, -0.1) is 10.2 Å². The molecule has 0 amide bonds. The average Bonchev–Trinajstić information content (AvgIpc) is 3.02. The van der Waals surface area contributed by atoms with Gasteiger partial charge in [-0.25, -0.2) is 0 Å². The quantitative estimate of drug-likeness (QED) is 0.770. The molecule has 104 valence electrons. The fraction of sp³-hybridized carbons (Fsp3) is 0.308. The molecule has 1 aromatic carbocycles. The van der Waals surface area contributed by atoms with E-state index in [0.29, 0.717) is 19.0 Å². The van der Waals surface area contributed by atoms with Gasteiger partial charge < -0.3 is 10.5 Å². The van der Waals surface area contributed by atoms with E-state index in [4.69, 9.17) is 10.5 Å². The molecule has 3 rings (SSSR count). The van der Waals surface area contributed by atoms with Crippen LogP contribution in [0.5, 0.6) is 0 Å². The molecular weight excluding hydrogens is 274 g/mol. The molecule has 0 radical (unpaired) electrons. The molecule has 6 nitrogen and oxygen atoms in total. The Labute approximate surface area is 120 Å². The molecule has 0 saturated heterocycles. The van der Waals surface area contributed by atoms with Crippen molar-refractivity contribution in [2.45, 2.75) is 13.0 Å². The summed E-state index contributed by atoms with van der Waals surface area (Å²) in [6.07, 6.45) is 0.835. The highest BCUT2D eigenvalue weighted by Gasteiger charge is 2.14. The third-order valence-corrected chi connectivity index (χ3v) is 3.92. The van der Waals surface area contributed by atoms with Crippen LogP contribution in [0.4, 0.5) is 0 Å². The SMILES string of the molecule is COCc1nnc2sc(-c3ccccc3CCN)nn12. The lowest BCUT2D eigenvalue weighted by Crippen LogP contribution is -2.04. The number of nitrogens with zero attached hydrogens (tertiary/aromatic N) is 4. The molecular formula is C13H15N5OS. The third kappa shape index (κ3) is 2.31. The first-order chi connectivity index (χ1) is 9.83. The molecule has 0 spiro atoms. The molecule has 0 unspecified atom stereocenters. The molecule has 0 fully saturated rings. The molecule has 0 saturated carbocycles. The van der Waals surface area contributed by atoms with Crippen LogP contribution in [-0.2, 0) is 17.8 Å². The Bertz CT molecular complexity index is 720. The lowest BCUT2D eigenvalue weighted by Gasteiger charge is -2.04. The third-order valence-electron chi connectivity index (χ3n) is 2.99. The molecule has 0 bridgehead atoms. The van der Waals surface area contributed by atoms with Crippen molar-refractivity contribution < 1.29 is 4.74 Å². The highest BCUT2D eigenvalue weighted by atomic mass is 32.1. The number of ether oxygens (including phenoxy) is 1. The number of rotatable bonds is 5. The van der Waals surface area contributed by atoms with Crippen LogP contribution < -0.4 is 5.73 Å². The van der Waals surface area contributed by atoms with E-state index in [1.807, 2.05) is 12.1 Å². The highest BCUT2D eigenvalue weighted by molar-refractivity contribution is 7.19. The Balaban J connectivity index is 2.06. The van der Waals surface area contributed by atoms with Gasteiger partial charge >= 0.3 is 0 Å². The maximum atomic E-state index is 5.67. The van der Waals surface area contributed by atoms with E-state index in [-0.39, 0.29) is 0 Å². The zero-order chi connectivity index (χ0) is 13.9. The van der Waals surface area contributed by atoms with Gasteiger partial charge in [0.2, 0.25) is 4.96 Å². The topological polar surface area (TPSA) is 78.3 Å². The Hall–Kier alpha value is -1.83. The minimum Gasteiger partial charge on any atom is -0.377 e. The number of aromatic nitrogens is 4. The van der Waals surface area contributed by atoms with E-state index in [9.17, 15) is 0 Å². The van der Waals surface area contributed by atoms with E-state index in [1.54, 1.807) is 11.6 Å². The zero-order valence-electron chi connectivity index (χ0n) is 11.1. The molecule has 0 aliphatic carbocycles. The second-order valence-corrected chi connectivity index (χ2v) is 5.30. The van der Waals surface area contributed by atoms with Gasteiger partial charge in [-0.2, -0.15) is 9.61 Å². The smallest absolute Gasteiger partial charge is 0.235 e. The van der Waals surface area contributed by atoms with Crippen molar-refractivity contribution in [1.82, 2.24) is 19.8 Å². The minimum absolute atomic E-state index is 0.398.